The monoisotopic (exact) mass is 211 g/mol. The number of hydrogen-bond acceptors (Lipinski definition) is 1. The Morgan fingerprint density at radius 3 is 2.45 bits per heavy atom. The highest BCUT2D eigenvalue weighted by Gasteiger charge is 1.84. The van der Waals surface area contributed by atoms with Gasteiger partial charge in [0.15, 0.2) is 0 Å². The fraction of sp³-hybridized carbons (Fsp3) is 0.111. The van der Waals surface area contributed by atoms with Gasteiger partial charge in [0.2, 0.25) is 0 Å². The van der Waals surface area contributed by atoms with Crippen LogP contribution in [0.5, 0.6) is 0 Å². The molecule has 0 bridgehead atoms. The van der Waals surface area contributed by atoms with E-state index in [1.165, 1.54) is 5.56 Å². The Morgan fingerprint density at radius 2 is 1.91 bits per heavy atom. The van der Waals surface area contributed by atoms with Crippen LogP contribution in [0.2, 0.25) is 0 Å². The number of allylic oxidation sites excluding steroid dienone is 1. The second kappa shape index (κ2) is 4.19. The van der Waals surface area contributed by atoms with Crippen LogP contribution in [0.25, 0.3) is 6.08 Å². The van der Waals surface area contributed by atoms with Gasteiger partial charge in [-0.2, -0.15) is 0 Å². The molecule has 0 saturated heterocycles. The van der Waals surface area contributed by atoms with E-state index in [1.54, 1.807) is 0 Å². The van der Waals surface area contributed by atoms with E-state index in [1.807, 2.05) is 36.4 Å². The molecule has 2 N–H and O–H groups in total. The van der Waals surface area contributed by atoms with E-state index in [-0.39, 0.29) is 0 Å². The van der Waals surface area contributed by atoms with Crippen molar-refractivity contribution >= 4 is 27.7 Å². The maximum atomic E-state index is 5.52. The number of rotatable bonds is 2. The lowest BCUT2D eigenvalue weighted by atomic mass is 10.2. The Hall–Kier alpha value is -0.760. The summed E-state index contributed by atoms with van der Waals surface area (Å²) in [5.74, 6) is 0. The summed E-state index contributed by atoms with van der Waals surface area (Å²) in [6.07, 6.45) is 4.10. The summed E-state index contributed by atoms with van der Waals surface area (Å²) in [5.41, 5.74) is 7.51. The van der Waals surface area contributed by atoms with Gasteiger partial charge in [-0.1, -0.05) is 40.2 Å². The summed E-state index contributed by atoms with van der Waals surface area (Å²) >= 11 is 3.31. The average molecular weight is 212 g/mol. The van der Waals surface area contributed by atoms with Crippen molar-refractivity contribution in [3.63, 3.8) is 0 Å². The summed E-state index contributed by atoms with van der Waals surface area (Å²) in [7, 11) is 0. The van der Waals surface area contributed by atoms with E-state index in [0.29, 0.717) is 0 Å². The van der Waals surface area contributed by atoms with Crippen LogP contribution >= 0.6 is 15.9 Å². The third-order valence-corrected chi connectivity index (χ3v) is 1.71. The fourth-order valence-corrected chi connectivity index (χ4v) is 0.975. The molecule has 0 radical (unpaired) electrons. The largest absolute Gasteiger partial charge is 0.399 e. The Balaban J connectivity index is 2.73. The normalized spacial score (nSPS) is 10.6. The second-order valence-electron chi connectivity index (χ2n) is 2.22. The van der Waals surface area contributed by atoms with Crippen molar-refractivity contribution in [2.75, 3.05) is 11.1 Å². The molecule has 0 spiro atoms. The molecule has 1 rings (SSSR count). The highest BCUT2D eigenvalue weighted by molar-refractivity contribution is 9.09. The SMILES string of the molecule is Nc1ccc(C=CCBr)cc1. The zero-order valence-electron chi connectivity index (χ0n) is 6.13. The van der Waals surface area contributed by atoms with Gasteiger partial charge in [0, 0.05) is 11.0 Å². The molecule has 0 amide bonds. The molecule has 1 aromatic rings. The third-order valence-electron chi connectivity index (χ3n) is 1.34. The Kier molecular flexibility index (Phi) is 3.17. The van der Waals surface area contributed by atoms with Gasteiger partial charge in [0.25, 0.3) is 0 Å². The maximum absolute atomic E-state index is 5.52. The van der Waals surface area contributed by atoms with Crippen LogP contribution < -0.4 is 5.73 Å². The van der Waals surface area contributed by atoms with Crippen molar-refractivity contribution in [2.24, 2.45) is 0 Å². The molecule has 0 unspecified atom stereocenters. The van der Waals surface area contributed by atoms with E-state index in [4.69, 9.17) is 5.73 Å². The number of benzene rings is 1. The molecule has 0 heterocycles. The van der Waals surface area contributed by atoms with E-state index in [0.717, 1.165) is 11.0 Å². The molecular weight excluding hydrogens is 202 g/mol. The van der Waals surface area contributed by atoms with Crippen LogP contribution in [0.3, 0.4) is 0 Å². The minimum atomic E-state index is 0.806. The van der Waals surface area contributed by atoms with Gasteiger partial charge in [-0.15, -0.1) is 0 Å². The minimum Gasteiger partial charge on any atom is -0.399 e. The summed E-state index contributed by atoms with van der Waals surface area (Å²) in [6.45, 7) is 0. The number of nitrogens with two attached hydrogens (primary N) is 1. The molecule has 1 aromatic carbocycles. The lowest BCUT2D eigenvalue weighted by Crippen LogP contribution is -1.82. The quantitative estimate of drug-likeness (QED) is 0.591. The highest BCUT2D eigenvalue weighted by Crippen LogP contribution is 2.06. The van der Waals surface area contributed by atoms with Crippen molar-refractivity contribution < 1.29 is 0 Å². The molecule has 58 valence electrons. The van der Waals surface area contributed by atoms with Crippen LogP contribution in [0.4, 0.5) is 5.69 Å². The van der Waals surface area contributed by atoms with Gasteiger partial charge < -0.3 is 5.73 Å². The molecule has 1 nitrogen and oxygen atoms in total. The second-order valence-corrected chi connectivity index (χ2v) is 2.87. The van der Waals surface area contributed by atoms with Gasteiger partial charge >= 0.3 is 0 Å². The van der Waals surface area contributed by atoms with Gasteiger partial charge in [0.05, 0.1) is 0 Å². The summed E-state index contributed by atoms with van der Waals surface area (Å²) in [4.78, 5) is 0. The Labute approximate surface area is 75.0 Å². The van der Waals surface area contributed by atoms with Crippen molar-refractivity contribution in [2.45, 2.75) is 0 Å². The van der Waals surface area contributed by atoms with Crippen LogP contribution in [0.15, 0.2) is 30.3 Å². The van der Waals surface area contributed by atoms with Crippen molar-refractivity contribution in [3.8, 4) is 0 Å². The highest BCUT2D eigenvalue weighted by atomic mass is 79.9. The number of hydrogen-bond donors (Lipinski definition) is 1. The summed E-state index contributed by atoms with van der Waals surface area (Å²) in [6, 6.07) is 7.78. The fourth-order valence-electron chi connectivity index (χ4n) is 0.788. The molecule has 0 fully saturated rings. The van der Waals surface area contributed by atoms with Crippen molar-refractivity contribution in [3.05, 3.63) is 35.9 Å². The molecule has 0 aliphatic rings. The standard InChI is InChI=1S/C9H10BrN/c10-7-1-2-8-3-5-9(11)6-4-8/h1-6H,7,11H2. The lowest BCUT2D eigenvalue weighted by molar-refractivity contribution is 1.64. The minimum absolute atomic E-state index is 0.806. The first kappa shape index (κ1) is 8.34. The van der Waals surface area contributed by atoms with Gasteiger partial charge in [-0.05, 0) is 17.7 Å². The predicted molar refractivity (Wildman–Crippen MR) is 53.7 cm³/mol. The Morgan fingerprint density at radius 1 is 1.27 bits per heavy atom. The zero-order chi connectivity index (χ0) is 8.10. The lowest BCUT2D eigenvalue weighted by Gasteiger charge is -1.93. The predicted octanol–water partition coefficient (Wildman–Crippen LogP) is 2.68. The van der Waals surface area contributed by atoms with Gasteiger partial charge in [0.1, 0.15) is 0 Å². The molecule has 0 atom stereocenters. The maximum Gasteiger partial charge on any atom is 0.0314 e. The van der Waals surface area contributed by atoms with Gasteiger partial charge in [-0.25, -0.2) is 0 Å². The summed E-state index contributed by atoms with van der Waals surface area (Å²) < 4.78 is 0. The first-order valence-electron chi connectivity index (χ1n) is 3.41. The van der Waals surface area contributed by atoms with Crippen LogP contribution in [-0.2, 0) is 0 Å². The first-order valence-corrected chi connectivity index (χ1v) is 4.53. The molecule has 11 heavy (non-hydrogen) atoms. The number of halogens is 1. The Bertz CT molecular complexity index is 238. The first-order chi connectivity index (χ1) is 5.33. The number of alkyl halides is 1. The number of anilines is 1. The van der Waals surface area contributed by atoms with Crippen LogP contribution in [-0.4, -0.2) is 5.33 Å². The third kappa shape index (κ3) is 2.76. The van der Waals surface area contributed by atoms with E-state index < -0.39 is 0 Å². The average Bonchev–Trinajstić information content (AvgIpc) is 2.04. The van der Waals surface area contributed by atoms with Crippen LogP contribution in [0.1, 0.15) is 5.56 Å². The van der Waals surface area contributed by atoms with E-state index >= 15 is 0 Å². The summed E-state index contributed by atoms with van der Waals surface area (Å²) in [5, 5.41) is 0.886. The van der Waals surface area contributed by atoms with Crippen molar-refractivity contribution in [1.29, 1.82) is 0 Å². The molecule has 0 saturated carbocycles. The topological polar surface area (TPSA) is 26.0 Å². The van der Waals surface area contributed by atoms with E-state index in [9.17, 15) is 0 Å². The zero-order valence-corrected chi connectivity index (χ0v) is 7.71. The molecule has 0 aliphatic heterocycles. The molecule has 2 heteroatoms. The van der Waals surface area contributed by atoms with Crippen LogP contribution in [0, 0.1) is 0 Å². The van der Waals surface area contributed by atoms with Crippen molar-refractivity contribution in [1.82, 2.24) is 0 Å². The van der Waals surface area contributed by atoms with Gasteiger partial charge in [-0.3, -0.25) is 0 Å². The molecule has 0 aliphatic carbocycles. The molecule has 0 aromatic heterocycles. The smallest absolute Gasteiger partial charge is 0.0314 e. The molecular formula is C9H10BrN. The van der Waals surface area contributed by atoms with E-state index in [2.05, 4.69) is 15.9 Å². The number of nitrogen functional groups attached to an aromatic ring is 1.